The molecule has 1 rings (SSSR count). The lowest BCUT2D eigenvalue weighted by molar-refractivity contribution is -0.383. The van der Waals surface area contributed by atoms with Crippen molar-refractivity contribution >= 4 is 32.0 Å². The highest BCUT2D eigenvalue weighted by molar-refractivity contribution is 7.91. The lowest BCUT2D eigenvalue weighted by Crippen LogP contribution is -2.26. The molecule has 9 heteroatoms. The topological polar surface area (TPSA) is 101 Å². The summed E-state index contributed by atoms with van der Waals surface area (Å²) in [6, 6.07) is 1.07. The first-order valence-corrected chi connectivity index (χ1v) is 7.53. The number of thiophene rings is 1. The van der Waals surface area contributed by atoms with Crippen LogP contribution in [0.3, 0.4) is 0 Å². The summed E-state index contributed by atoms with van der Waals surface area (Å²) in [5, 5.41) is 13.6. The van der Waals surface area contributed by atoms with Crippen molar-refractivity contribution < 1.29 is 13.3 Å². The summed E-state index contributed by atoms with van der Waals surface area (Å²) in [5.74, 6) is 0.165. The van der Waals surface area contributed by atoms with Crippen LogP contribution in [0, 0.1) is 16.0 Å². The largest absolute Gasteiger partial charge is 0.374 e. The highest BCUT2D eigenvalue weighted by Gasteiger charge is 2.25. The molecule has 0 unspecified atom stereocenters. The molecule has 0 radical (unpaired) electrons. The van der Waals surface area contributed by atoms with Crippen LogP contribution in [0.5, 0.6) is 0 Å². The number of nitrogens with one attached hydrogen (secondary N) is 2. The second kappa shape index (κ2) is 5.63. The van der Waals surface area contributed by atoms with E-state index in [4.69, 9.17) is 0 Å². The van der Waals surface area contributed by atoms with E-state index in [1.54, 1.807) is 0 Å². The van der Waals surface area contributed by atoms with Crippen LogP contribution >= 0.6 is 11.3 Å². The Morgan fingerprint density at radius 1 is 1.50 bits per heavy atom. The van der Waals surface area contributed by atoms with E-state index in [-0.39, 0.29) is 20.8 Å². The molecule has 0 aliphatic rings. The average molecular weight is 293 g/mol. The summed E-state index contributed by atoms with van der Waals surface area (Å²) in [6.07, 6.45) is 0. The lowest BCUT2D eigenvalue weighted by Gasteiger charge is -2.06. The molecule has 1 aromatic rings. The zero-order chi connectivity index (χ0) is 13.9. The summed E-state index contributed by atoms with van der Waals surface area (Å²) in [6.45, 7) is 4.04. The molecule has 7 nitrogen and oxygen atoms in total. The van der Waals surface area contributed by atoms with E-state index >= 15 is 0 Å². The van der Waals surface area contributed by atoms with E-state index in [0.29, 0.717) is 6.54 Å². The molecule has 0 fully saturated rings. The molecule has 0 aromatic carbocycles. The van der Waals surface area contributed by atoms with E-state index in [1.165, 1.54) is 7.05 Å². The van der Waals surface area contributed by atoms with Crippen molar-refractivity contribution in [2.24, 2.45) is 5.92 Å². The van der Waals surface area contributed by atoms with Gasteiger partial charge in [0, 0.05) is 19.7 Å². The Labute approximate surface area is 109 Å². The van der Waals surface area contributed by atoms with Gasteiger partial charge in [0.2, 0.25) is 10.0 Å². The molecule has 0 saturated carbocycles. The Morgan fingerprint density at radius 2 is 2.11 bits per heavy atom. The highest BCUT2D eigenvalue weighted by atomic mass is 32.2. The van der Waals surface area contributed by atoms with Gasteiger partial charge in [0.05, 0.1) is 4.92 Å². The SMILES string of the molecule is CNc1sc(S(=O)(=O)NCC(C)C)cc1[N+](=O)[O-]. The van der Waals surface area contributed by atoms with Gasteiger partial charge in [-0.3, -0.25) is 10.1 Å². The van der Waals surface area contributed by atoms with Crippen LogP contribution in [0.25, 0.3) is 0 Å². The quantitative estimate of drug-likeness (QED) is 0.613. The number of rotatable bonds is 6. The Bertz CT molecular complexity index is 536. The predicted octanol–water partition coefficient (Wildman–Crippen LogP) is 1.63. The molecule has 0 saturated heterocycles. The summed E-state index contributed by atoms with van der Waals surface area (Å²) in [4.78, 5) is 10.1. The highest BCUT2D eigenvalue weighted by Crippen LogP contribution is 2.36. The minimum atomic E-state index is -3.68. The summed E-state index contributed by atoms with van der Waals surface area (Å²) in [5.41, 5.74) is -0.229. The van der Waals surface area contributed by atoms with Gasteiger partial charge in [-0.1, -0.05) is 25.2 Å². The molecule has 1 heterocycles. The maximum Gasteiger partial charge on any atom is 0.304 e. The van der Waals surface area contributed by atoms with Crippen molar-refractivity contribution in [2.45, 2.75) is 18.1 Å². The molecule has 0 bridgehead atoms. The standard InChI is InChI=1S/C9H15N3O4S2/c1-6(2)5-11-18(15,16)8-4-7(12(13)14)9(10-3)17-8/h4,6,10-11H,5H2,1-3H3. The van der Waals surface area contributed by atoms with Crippen molar-refractivity contribution in [2.75, 3.05) is 18.9 Å². The normalized spacial score (nSPS) is 11.8. The van der Waals surface area contributed by atoms with E-state index in [0.717, 1.165) is 17.4 Å². The third-order valence-electron chi connectivity index (χ3n) is 2.06. The minimum Gasteiger partial charge on any atom is -0.374 e. The van der Waals surface area contributed by atoms with Gasteiger partial charge in [0.1, 0.15) is 4.21 Å². The van der Waals surface area contributed by atoms with E-state index in [2.05, 4.69) is 10.0 Å². The third kappa shape index (κ3) is 3.40. The van der Waals surface area contributed by atoms with Gasteiger partial charge in [-0.15, -0.1) is 0 Å². The molecule has 0 aliphatic carbocycles. The maximum absolute atomic E-state index is 11.9. The number of sulfonamides is 1. The van der Waals surface area contributed by atoms with Gasteiger partial charge in [-0.25, -0.2) is 13.1 Å². The molecule has 0 spiro atoms. The van der Waals surface area contributed by atoms with E-state index in [9.17, 15) is 18.5 Å². The van der Waals surface area contributed by atoms with Gasteiger partial charge < -0.3 is 5.32 Å². The first-order chi connectivity index (χ1) is 8.27. The molecule has 2 N–H and O–H groups in total. The Hall–Kier alpha value is -1.19. The molecular weight excluding hydrogens is 278 g/mol. The second-order valence-corrected chi connectivity index (χ2v) is 7.08. The van der Waals surface area contributed by atoms with Crippen molar-refractivity contribution in [3.63, 3.8) is 0 Å². The Balaban J connectivity index is 3.06. The number of hydrogen-bond donors (Lipinski definition) is 2. The number of nitrogens with zero attached hydrogens (tertiary/aromatic N) is 1. The lowest BCUT2D eigenvalue weighted by atomic mass is 10.2. The second-order valence-electron chi connectivity index (χ2n) is 4.03. The molecule has 18 heavy (non-hydrogen) atoms. The monoisotopic (exact) mass is 293 g/mol. The molecule has 0 amide bonds. The van der Waals surface area contributed by atoms with Crippen LogP contribution in [-0.2, 0) is 10.0 Å². The van der Waals surface area contributed by atoms with Crippen LogP contribution in [0.4, 0.5) is 10.7 Å². The zero-order valence-corrected chi connectivity index (χ0v) is 11.9. The van der Waals surface area contributed by atoms with Gasteiger partial charge >= 0.3 is 5.69 Å². The molecule has 0 atom stereocenters. The molecular formula is C9H15N3O4S2. The fourth-order valence-electron chi connectivity index (χ4n) is 1.15. The van der Waals surface area contributed by atoms with Crippen molar-refractivity contribution in [3.05, 3.63) is 16.2 Å². The molecule has 0 aliphatic heterocycles. The third-order valence-corrected chi connectivity index (χ3v) is 5.10. The van der Waals surface area contributed by atoms with Gasteiger partial charge in [-0.05, 0) is 5.92 Å². The Morgan fingerprint density at radius 3 is 2.50 bits per heavy atom. The van der Waals surface area contributed by atoms with Gasteiger partial charge in [0.15, 0.2) is 5.00 Å². The van der Waals surface area contributed by atoms with Crippen LogP contribution in [0.15, 0.2) is 10.3 Å². The van der Waals surface area contributed by atoms with Crippen molar-refractivity contribution in [1.82, 2.24) is 4.72 Å². The average Bonchev–Trinajstić information content (AvgIpc) is 2.71. The van der Waals surface area contributed by atoms with Crippen LogP contribution in [0.1, 0.15) is 13.8 Å². The van der Waals surface area contributed by atoms with E-state index in [1.807, 2.05) is 13.8 Å². The zero-order valence-electron chi connectivity index (χ0n) is 10.3. The van der Waals surface area contributed by atoms with Gasteiger partial charge in [0.25, 0.3) is 0 Å². The summed E-state index contributed by atoms with van der Waals surface area (Å²) in [7, 11) is -2.17. The molecule has 1 aromatic heterocycles. The maximum atomic E-state index is 11.9. The van der Waals surface area contributed by atoms with Crippen molar-refractivity contribution in [1.29, 1.82) is 0 Å². The molecule has 102 valence electrons. The fourth-order valence-corrected chi connectivity index (χ4v) is 3.69. The first-order valence-electron chi connectivity index (χ1n) is 5.23. The summed E-state index contributed by atoms with van der Waals surface area (Å²) < 4.78 is 26.1. The smallest absolute Gasteiger partial charge is 0.304 e. The number of anilines is 1. The van der Waals surface area contributed by atoms with Crippen molar-refractivity contribution in [3.8, 4) is 0 Å². The van der Waals surface area contributed by atoms with Gasteiger partial charge in [-0.2, -0.15) is 0 Å². The van der Waals surface area contributed by atoms with Crippen LogP contribution in [-0.4, -0.2) is 26.9 Å². The van der Waals surface area contributed by atoms with Crippen LogP contribution in [0.2, 0.25) is 0 Å². The number of hydrogen-bond acceptors (Lipinski definition) is 6. The Kier molecular flexibility index (Phi) is 4.65. The predicted molar refractivity (Wildman–Crippen MR) is 70.5 cm³/mol. The number of nitro groups is 1. The summed E-state index contributed by atoms with van der Waals surface area (Å²) >= 11 is 0.843. The van der Waals surface area contributed by atoms with Crippen LogP contribution < -0.4 is 10.0 Å². The van der Waals surface area contributed by atoms with E-state index < -0.39 is 14.9 Å². The first kappa shape index (κ1) is 14.9. The fraction of sp³-hybridized carbons (Fsp3) is 0.556. The minimum absolute atomic E-state index is 0.0563.